The third-order valence-corrected chi connectivity index (χ3v) is 6.63. The number of unbranched alkanes of at least 4 members (excludes halogenated alkanes) is 2. The Morgan fingerprint density at radius 2 is 1.64 bits per heavy atom. The van der Waals surface area contributed by atoms with Gasteiger partial charge in [0.15, 0.2) is 0 Å². The summed E-state index contributed by atoms with van der Waals surface area (Å²) in [5.41, 5.74) is 1.97. The lowest BCUT2D eigenvalue weighted by Gasteiger charge is -2.14. The molecule has 3 N–H and O–H groups in total. The van der Waals surface area contributed by atoms with Crippen molar-refractivity contribution in [2.45, 2.75) is 71.1 Å². The molecule has 1 unspecified atom stereocenters. The number of carbonyl (C=O) groups excluding carboxylic acids is 1. The van der Waals surface area contributed by atoms with E-state index in [-0.39, 0.29) is 5.91 Å². The molecule has 1 aliphatic carbocycles. The van der Waals surface area contributed by atoms with Crippen molar-refractivity contribution in [1.29, 1.82) is 0 Å². The van der Waals surface area contributed by atoms with Gasteiger partial charge in [-0.05, 0) is 81.2 Å². The highest BCUT2D eigenvalue weighted by atomic mass is 16.4. The summed E-state index contributed by atoms with van der Waals surface area (Å²) in [6, 6.07) is 19.4. The normalized spacial score (nSPS) is 17.2. The Labute approximate surface area is 218 Å². The Kier molecular flexibility index (Phi) is 15.3. The van der Waals surface area contributed by atoms with Crippen LogP contribution in [0.3, 0.4) is 0 Å². The van der Waals surface area contributed by atoms with Crippen molar-refractivity contribution in [3.8, 4) is 0 Å². The molecular weight excluding hydrogens is 445 g/mol. The number of benzene rings is 2. The fraction of sp³-hybridized carbons (Fsp3) is 0.452. The molecule has 2 atom stereocenters. The van der Waals surface area contributed by atoms with Gasteiger partial charge in [-0.2, -0.15) is 0 Å². The summed E-state index contributed by atoms with van der Waals surface area (Å²) in [6.45, 7) is 2.70. The maximum atomic E-state index is 11.4. The van der Waals surface area contributed by atoms with Crippen molar-refractivity contribution >= 4 is 18.5 Å². The third kappa shape index (κ3) is 12.9. The lowest BCUT2D eigenvalue weighted by molar-refractivity contribution is -0.121. The van der Waals surface area contributed by atoms with Gasteiger partial charge in [-0.15, -0.1) is 0 Å². The van der Waals surface area contributed by atoms with E-state index in [4.69, 9.17) is 10.0 Å². The van der Waals surface area contributed by atoms with Crippen molar-refractivity contribution in [1.82, 2.24) is 5.32 Å². The molecule has 1 aliphatic rings. The minimum absolute atomic E-state index is 0.180. The van der Waals surface area contributed by atoms with Crippen LogP contribution in [-0.4, -0.2) is 29.6 Å². The van der Waals surface area contributed by atoms with Crippen LogP contribution in [-0.2, 0) is 11.2 Å². The minimum Gasteiger partial charge on any atom is -0.423 e. The molecule has 36 heavy (non-hydrogen) atoms. The van der Waals surface area contributed by atoms with Crippen LogP contribution < -0.4 is 10.8 Å². The average molecular weight is 490 g/mol. The van der Waals surface area contributed by atoms with Crippen molar-refractivity contribution in [2.24, 2.45) is 11.8 Å². The molecule has 1 fully saturated rings. The van der Waals surface area contributed by atoms with Crippen LogP contribution in [0.15, 0.2) is 85.0 Å². The maximum absolute atomic E-state index is 11.4. The first-order chi connectivity index (χ1) is 17.6. The van der Waals surface area contributed by atoms with Crippen LogP contribution in [0, 0.1) is 11.8 Å². The summed E-state index contributed by atoms with van der Waals surface area (Å²) >= 11 is 0. The summed E-state index contributed by atoms with van der Waals surface area (Å²) < 4.78 is 0. The quantitative estimate of drug-likeness (QED) is 0.195. The summed E-state index contributed by atoms with van der Waals surface area (Å²) in [5.74, 6) is 1.76. The Morgan fingerprint density at radius 1 is 0.944 bits per heavy atom. The summed E-state index contributed by atoms with van der Waals surface area (Å²) in [6.07, 6.45) is 21.0. The van der Waals surface area contributed by atoms with Crippen LogP contribution >= 0.6 is 0 Å². The van der Waals surface area contributed by atoms with E-state index in [1.165, 1.54) is 50.5 Å². The number of nitrogens with one attached hydrogen (secondary N) is 1. The molecule has 3 rings (SSSR count). The monoisotopic (exact) mass is 489 g/mol. The first-order valence-electron chi connectivity index (χ1n) is 13.6. The van der Waals surface area contributed by atoms with E-state index in [1.807, 2.05) is 13.0 Å². The SMILES string of the molecule is CCNC(=O)CCC/C=C\C[C@H]1CCCC1/C=C/CCCc1ccccc1.OB(O)c1ccccc1. The molecule has 0 aliphatic heterocycles. The highest BCUT2D eigenvalue weighted by Gasteiger charge is 2.23. The molecule has 0 spiro atoms. The molecule has 5 heteroatoms. The predicted octanol–water partition coefficient (Wildman–Crippen LogP) is 5.60. The number of hydrogen-bond donors (Lipinski definition) is 3. The average Bonchev–Trinajstić information content (AvgIpc) is 3.35. The van der Waals surface area contributed by atoms with Gasteiger partial charge in [0.05, 0.1) is 0 Å². The highest BCUT2D eigenvalue weighted by molar-refractivity contribution is 6.58. The van der Waals surface area contributed by atoms with Crippen molar-refractivity contribution in [3.05, 3.63) is 90.5 Å². The molecule has 0 radical (unpaired) electrons. The van der Waals surface area contributed by atoms with Crippen LogP contribution in [0.25, 0.3) is 0 Å². The third-order valence-electron chi connectivity index (χ3n) is 6.63. The van der Waals surface area contributed by atoms with Gasteiger partial charge < -0.3 is 15.4 Å². The van der Waals surface area contributed by atoms with Gasteiger partial charge in [0.1, 0.15) is 0 Å². The smallest absolute Gasteiger partial charge is 0.423 e. The standard InChI is InChI=1S/C25H37NO.C6H7BO2/c1-2-26-25(27)21-12-4-3-10-17-23-19-13-20-24(23)18-11-6-9-16-22-14-7-5-8-15-22;8-7(9)6-4-2-1-3-5-6/h3,5,7-8,10-11,14-15,18,23-24H,2,4,6,9,12-13,16-17,19-21H2,1H3,(H,26,27);1-5,8-9H/b10-3-,18-11+;/t23-,24?;/m0./s1. The van der Waals surface area contributed by atoms with Crippen LogP contribution in [0.5, 0.6) is 0 Å². The minimum atomic E-state index is -1.34. The topological polar surface area (TPSA) is 69.6 Å². The van der Waals surface area contributed by atoms with E-state index in [2.05, 4.69) is 60.0 Å². The first kappa shape index (κ1) is 29.6. The molecule has 0 aromatic heterocycles. The molecule has 4 nitrogen and oxygen atoms in total. The van der Waals surface area contributed by atoms with Crippen molar-refractivity contribution in [2.75, 3.05) is 6.54 Å². The van der Waals surface area contributed by atoms with E-state index in [0.29, 0.717) is 11.9 Å². The zero-order chi connectivity index (χ0) is 25.8. The number of allylic oxidation sites excluding steroid dienone is 4. The predicted molar refractivity (Wildman–Crippen MR) is 152 cm³/mol. The summed E-state index contributed by atoms with van der Waals surface area (Å²) in [4.78, 5) is 11.4. The van der Waals surface area contributed by atoms with E-state index >= 15 is 0 Å². The number of aryl methyl sites for hydroxylation is 1. The Bertz CT molecular complexity index is 883. The molecule has 2 aromatic rings. The zero-order valence-electron chi connectivity index (χ0n) is 21.9. The molecule has 1 saturated carbocycles. The number of rotatable bonds is 13. The van der Waals surface area contributed by atoms with Gasteiger partial charge in [0.25, 0.3) is 0 Å². The van der Waals surface area contributed by atoms with Crippen molar-refractivity contribution in [3.63, 3.8) is 0 Å². The van der Waals surface area contributed by atoms with E-state index < -0.39 is 7.12 Å². The van der Waals surface area contributed by atoms with Crippen LogP contribution in [0.4, 0.5) is 0 Å². The van der Waals surface area contributed by atoms with Crippen LogP contribution in [0.2, 0.25) is 0 Å². The molecule has 0 bridgehead atoms. The molecule has 0 saturated heterocycles. The van der Waals surface area contributed by atoms with Gasteiger partial charge in [-0.3, -0.25) is 4.79 Å². The molecule has 1 amide bonds. The first-order valence-corrected chi connectivity index (χ1v) is 13.6. The van der Waals surface area contributed by atoms with E-state index in [9.17, 15) is 4.79 Å². The fourth-order valence-electron chi connectivity index (χ4n) is 4.63. The zero-order valence-corrected chi connectivity index (χ0v) is 21.9. The molecule has 2 aromatic carbocycles. The number of carbonyl (C=O) groups is 1. The number of amides is 1. The Morgan fingerprint density at radius 3 is 2.31 bits per heavy atom. The van der Waals surface area contributed by atoms with Gasteiger partial charge >= 0.3 is 7.12 Å². The second-order valence-electron chi connectivity index (χ2n) is 9.50. The lowest BCUT2D eigenvalue weighted by Crippen LogP contribution is -2.29. The summed E-state index contributed by atoms with van der Waals surface area (Å²) in [5, 5.41) is 20.0. The Hall–Kier alpha value is -2.63. The lowest BCUT2D eigenvalue weighted by atomic mass is 9.81. The van der Waals surface area contributed by atoms with Gasteiger partial charge in [0, 0.05) is 13.0 Å². The van der Waals surface area contributed by atoms with E-state index in [1.54, 1.807) is 24.3 Å². The van der Waals surface area contributed by atoms with Gasteiger partial charge in [-0.1, -0.05) is 91.4 Å². The van der Waals surface area contributed by atoms with Crippen molar-refractivity contribution < 1.29 is 14.8 Å². The second kappa shape index (κ2) is 18.6. The molecule has 194 valence electrons. The largest absolute Gasteiger partial charge is 0.488 e. The van der Waals surface area contributed by atoms with Gasteiger partial charge in [-0.25, -0.2) is 0 Å². The highest BCUT2D eigenvalue weighted by Crippen LogP contribution is 2.35. The molecular formula is C31H44BNO3. The second-order valence-corrected chi connectivity index (χ2v) is 9.50. The molecule has 0 heterocycles. The number of hydrogen-bond acceptors (Lipinski definition) is 3. The van der Waals surface area contributed by atoms with Crippen LogP contribution in [0.1, 0.15) is 70.3 Å². The van der Waals surface area contributed by atoms with Gasteiger partial charge in [0.2, 0.25) is 5.91 Å². The summed E-state index contributed by atoms with van der Waals surface area (Å²) in [7, 11) is -1.34. The Balaban J connectivity index is 0.000000425. The fourth-order valence-corrected chi connectivity index (χ4v) is 4.63. The van der Waals surface area contributed by atoms with E-state index in [0.717, 1.165) is 31.2 Å². The maximum Gasteiger partial charge on any atom is 0.488 e.